The molecular weight excluding hydrogens is 368 g/mol. The van der Waals surface area contributed by atoms with Gasteiger partial charge >= 0.3 is 0 Å². The maximum Gasteiger partial charge on any atom is 0.222 e. The fourth-order valence-corrected chi connectivity index (χ4v) is 4.11. The minimum absolute atomic E-state index is 0.338. The van der Waals surface area contributed by atoms with E-state index in [-0.39, 0.29) is 0 Å². The zero-order valence-electron chi connectivity index (χ0n) is 21.7. The largest absolute Gasteiger partial charge is 0.340 e. The zero-order valence-corrected chi connectivity index (χ0v) is 21.7. The number of unbranched alkanes of at least 4 members (excludes halogenated alkanes) is 15. The van der Waals surface area contributed by atoms with Gasteiger partial charge in [-0.3, -0.25) is 4.79 Å². The molecule has 1 amide bonds. The monoisotopic (exact) mass is 425 g/mol. The predicted octanol–water partition coefficient (Wildman–Crippen LogP) is 7.58. The number of rotatable bonds is 22. The average Bonchev–Trinajstić information content (AvgIpc) is 2.72. The van der Waals surface area contributed by atoms with Crippen LogP contribution in [0.25, 0.3) is 0 Å². The minimum Gasteiger partial charge on any atom is -0.340 e. The van der Waals surface area contributed by atoms with Gasteiger partial charge in [0.25, 0.3) is 0 Å². The van der Waals surface area contributed by atoms with Gasteiger partial charge in [-0.15, -0.1) is 0 Å². The van der Waals surface area contributed by atoms with Crippen molar-refractivity contribution in [1.82, 2.24) is 4.90 Å². The van der Waals surface area contributed by atoms with Crippen LogP contribution in [0.15, 0.2) is 0 Å². The summed E-state index contributed by atoms with van der Waals surface area (Å²) in [5, 5.41) is 0. The second kappa shape index (κ2) is 20.3. The SMILES string of the molecule is CCCCCCCCCCCC(=O)N(C)CC[N+](C)(C)CCCCCCCCCC. The van der Waals surface area contributed by atoms with Crippen LogP contribution in [0.1, 0.15) is 129 Å². The molecule has 0 aliphatic heterocycles. The van der Waals surface area contributed by atoms with Gasteiger partial charge < -0.3 is 9.38 Å². The highest BCUT2D eigenvalue weighted by molar-refractivity contribution is 5.75. The summed E-state index contributed by atoms with van der Waals surface area (Å²) in [5.41, 5.74) is 0. The van der Waals surface area contributed by atoms with Gasteiger partial charge in [0.2, 0.25) is 5.91 Å². The lowest BCUT2D eigenvalue weighted by Crippen LogP contribution is -2.46. The summed E-state index contributed by atoms with van der Waals surface area (Å²) in [6.07, 6.45) is 23.6. The molecule has 0 fully saturated rings. The van der Waals surface area contributed by atoms with E-state index in [2.05, 4.69) is 27.9 Å². The number of carbonyl (C=O) groups excluding carboxylic acids is 1. The number of quaternary nitrogens is 1. The normalized spacial score (nSPS) is 11.8. The van der Waals surface area contributed by atoms with Crippen LogP contribution >= 0.6 is 0 Å². The van der Waals surface area contributed by atoms with Gasteiger partial charge in [0.05, 0.1) is 33.7 Å². The van der Waals surface area contributed by atoms with Crippen LogP contribution in [0.3, 0.4) is 0 Å². The molecule has 0 radical (unpaired) electrons. The van der Waals surface area contributed by atoms with Crippen LogP contribution in [0.4, 0.5) is 0 Å². The Morgan fingerprint density at radius 1 is 0.600 bits per heavy atom. The second-order valence-electron chi connectivity index (χ2n) is 10.3. The molecule has 0 heterocycles. The first-order valence-corrected chi connectivity index (χ1v) is 13.5. The van der Waals surface area contributed by atoms with E-state index in [1.54, 1.807) is 0 Å². The van der Waals surface area contributed by atoms with E-state index < -0.39 is 0 Å². The van der Waals surface area contributed by atoms with Crippen LogP contribution < -0.4 is 0 Å². The Bertz CT molecular complexity index is 381. The number of likely N-dealkylation sites (N-methyl/N-ethyl adjacent to an activating group) is 2. The highest BCUT2D eigenvalue weighted by atomic mass is 16.2. The minimum atomic E-state index is 0.338. The van der Waals surface area contributed by atoms with E-state index in [1.165, 1.54) is 109 Å². The van der Waals surface area contributed by atoms with E-state index in [0.29, 0.717) is 5.91 Å². The highest BCUT2D eigenvalue weighted by Gasteiger charge is 2.17. The first kappa shape index (κ1) is 29.4. The van der Waals surface area contributed by atoms with Gasteiger partial charge in [-0.25, -0.2) is 0 Å². The van der Waals surface area contributed by atoms with Crippen molar-refractivity contribution in [3.63, 3.8) is 0 Å². The van der Waals surface area contributed by atoms with Gasteiger partial charge in [-0.1, -0.05) is 104 Å². The van der Waals surface area contributed by atoms with Gasteiger partial charge in [0, 0.05) is 13.5 Å². The molecule has 180 valence electrons. The molecule has 0 rings (SSSR count). The third-order valence-electron chi connectivity index (χ3n) is 6.58. The molecule has 0 bridgehead atoms. The molecular formula is C27H57N2O+. The highest BCUT2D eigenvalue weighted by Crippen LogP contribution is 2.12. The number of carbonyl (C=O) groups is 1. The van der Waals surface area contributed by atoms with Crippen molar-refractivity contribution in [3.8, 4) is 0 Å². The predicted molar refractivity (Wildman–Crippen MR) is 134 cm³/mol. The van der Waals surface area contributed by atoms with E-state index in [4.69, 9.17) is 0 Å². The third kappa shape index (κ3) is 19.4. The van der Waals surface area contributed by atoms with Crippen LogP contribution in [-0.2, 0) is 4.79 Å². The standard InChI is InChI=1S/C27H57N2O/c1-6-8-10-12-14-16-17-19-21-23-27(30)28(3)24-26-29(4,5)25-22-20-18-15-13-11-9-7-2/h6-26H2,1-5H3/q+1. The summed E-state index contributed by atoms with van der Waals surface area (Å²) in [6, 6.07) is 0. The lowest BCUT2D eigenvalue weighted by molar-refractivity contribution is -0.889. The Morgan fingerprint density at radius 2 is 1.00 bits per heavy atom. The molecule has 0 saturated carbocycles. The van der Waals surface area contributed by atoms with Gasteiger partial charge in [0.1, 0.15) is 0 Å². The quantitative estimate of drug-likeness (QED) is 0.129. The summed E-state index contributed by atoms with van der Waals surface area (Å²) in [7, 11) is 6.63. The Morgan fingerprint density at radius 3 is 1.47 bits per heavy atom. The van der Waals surface area contributed by atoms with Gasteiger partial charge in [0.15, 0.2) is 0 Å². The van der Waals surface area contributed by atoms with Crippen molar-refractivity contribution >= 4 is 5.91 Å². The van der Waals surface area contributed by atoms with Crippen LogP contribution in [-0.4, -0.2) is 56.1 Å². The van der Waals surface area contributed by atoms with Crippen molar-refractivity contribution in [2.45, 2.75) is 129 Å². The van der Waals surface area contributed by atoms with E-state index in [0.717, 1.165) is 30.4 Å². The van der Waals surface area contributed by atoms with E-state index >= 15 is 0 Å². The molecule has 0 saturated heterocycles. The molecule has 0 aromatic rings. The Hall–Kier alpha value is -0.570. The molecule has 0 spiro atoms. The number of hydrogen-bond donors (Lipinski definition) is 0. The molecule has 0 atom stereocenters. The van der Waals surface area contributed by atoms with Crippen molar-refractivity contribution in [2.75, 3.05) is 40.8 Å². The summed E-state index contributed by atoms with van der Waals surface area (Å²) < 4.78 is 1.03. The molecule has 0 aromatic heterocycles. The number of hydrogen-bond acceptors (Lipinski definition) is 1. The fourth-order valence-electron chi connectivity index (χ4n) is 4.11. The lowest BCUT2D eigenvalue weighted by Gasteiger charge is -2.32. The summed E-state index contributed by atoms with van der Waals surface area (Å²) in [4.78, 5) is 14.4. The first-order valence-electron chi connectivity index (χ1n) is 13.5. The second-order valence-corrected chi connectivity index (χ2v) is 10.3. The first-order chi connectivity index (χ1) is 14.4. The summed E-state index contributed by atoms with van der Waals surface area (Å²) in [5.74, 6) is 0.338. The maximum atomic E-state index is 12.4. The van der Waals surface area contributed by atoms with Crippen LogP contribution in [0, 0.1) is 0 Å². The zero-order chi connectivity index (χ0) is 22.5. The number of nitrogens with zero attached hydrogens (tertiary/aromatic N) is 2. The smallest absolute Gasteiger partial charge is 0.222 e. The van der Waals surface area contributed by atoms with Gasteiger partial charge in [-0.05, 0) is 19.3 Å². The summed E-state index contributed by atoms with van der Waals surface area (Å²) >= 11 is 0. The van der Waals surface area contributed by atoms with Crippen molar-refractivity contribution in [3.05, 3.63) is 0 Å². The molecule has 3 heteroatoms. The van der Waals surface area contributed by atoms with E-state index in [9.17, 15) is 4.79 Å². The molecule has 0 aromatic carbocycles. The Labute approximate surface area is 190 Å². The summed E-state index contributed by atoms with van der Waals surface area (Å²) in [6.45, 7) is 7.74. The molecule has 0 aliphatic carbocycles. The van der Waals surface area contributed by atoms with Crippen molar-refractivity contribution in [1.29, 1.82) is 0 Å². The fraction of sp³-hybridized carbons (Fsp3) is 0.963. The molecule has 0 aliphatic rings. The lowest BCUT2D eigenvalue weighted by atomic mass is 10.1. The number of amides is 1. The van der Waals surface area contributed by atoms with Crippen LogP contribution in [0.5, 0.6) is 0 Å². The van der Waals surface area contributed by atoms with Crippen molar-refractivity contribution in [2.24, 2.45) is 0 Å². The molecule has 30 heavy (non-hydrogen) atoms. The molecule has 0 N–H and O–H groups in total. The van der Waals surface area contributed by atoms with Crippen molar-refractivity contribution < 1.29 is 9.28 Å². The molecule has 3 nitrogen and oxygen atoms in total. The topological polar surface area (TPSA) is 20.3 Å². The van der Waals surface area contributed by atoms with E-state index in [1.807, 2.05) is 11.9 Å². The maximum absolute atomic E-state index is 12.4. The molecule has 0 unspecified atom stereocenters. The average molecular weight is 426 g/mol. The third-order valence-corrected chi connectivity index (χ3v) is 6.58. The Balaban J connectivity index is 3.66. The van der Waals surface area contributed by atoms with Gasteiger partial charge in [-0.2, -0.15) is 0 Å². The van der Waals surface area contributed by atoms with Crippen LogP contribution in [0.2, 0.25) is 0 Å². The Kier molecular flexibility index (Phi) is 20.0.